The summed E-state index contributed by atoms with van der Waals surface area (Å²) in [6.07, 6.45) is -1.05. The Labute approximate surface area is 193 Å². The van der Waals surface area contributed by atoms with E-state index in [4.69, 9.17) is 9.26 Å². The molecule has 1 unspecified atom stereocenters. The highest BCUT2D eigenvalue weighted by Gasteiger charge is 2.25. The number of aryl methyl sites for hydroxylation is 3. The number of esters is 1. The van der Waals surface area contributed by atoms with Crippen LogP contribution in [0.3, 0.4) is 0 Å². The summed E-state index contributed by atoms with van der Waals surface area (Å²) in [6, 6.07) is 9.42. The van der Waals surface area contributed by atoms with Gasteiger partial charge in [-0.2, -0.15) is 0 Å². The first-order chi connectivity index (χ1) is 15.7. The molecule has 3 aromatic heterocycles. The van der Waals surface area contributed by atoms with Crippen molar-refractivity contribution in [3.63, 3.8) is 0 Å². The van der Waals surface area contributed by atoms with Crippen molar-refractivity contribution in [3.8, 4) is 11.3 Å². The van der Waals surface area contributed by atoms with Gasteiger partial charge in [0.05, 0.1) is 22.3 Å². The van der Waals surface area contributed by atoms with Crippen LogP contribution in [0.25, 0.3) is 22.4 Å². The average molecular weight is 468 g/mol. The molecule has 0 aliphatic heterocycles. The highest BCUT2D eigenvalue weighted by molar-refractivity contribution is 7.12. The average Bonchev–Trinajstić information content (AvgIpc) is 3.33. The summed E-state index contributed by atoms with van der Waals surface area (Å²) in [5, 5.41) is 7.07. The van der Waals surface area contributed by atoms with Crippen LogP contribution in [0.5, 0.6) is 0 Å². The van der Waals surface area contributed by atoms with Gasteiger partial charge in [-0.05, 0) is 57.5 Å². The van der Waals surface area contributed by atoms with Crippen LogP contribution in [0, 0.1) is 26.6 Å². The Kier molecular flexibility index (Phi) is 6.24. The number of aromatic nitrogens is 2. The molecule has 4 aromatic rings. The highest BCUT2D eigenvalue weighted by Crippen LogP contribution is 2.33. The lowest BCUT2D eigenvalue weighted by molar-refractivity contribution is -0.129. The zero-order valence-electron chi connectivity index (χ0n) is 18.6. The molecule has 0 aliphatic carbocycles. The Morgan fingerprint density at radius 2 is 1.91 bits per heavy atom. The first-order valence-electron chi connectivity index (χ1n) is 10.3. The van der Waals surface area contributed by atoms with Gasteiger partial charge in [0.2, 0.25) is 0 Å². The van der Waals surface area contributed by atoms with E-state index in [2.05, 4.69) is 15.5 Å². The first-order valence-corrected chi connectivity index (χ1v) is 11.1. The normalized spacial score (nSPS) is 12.0. The molecule has 0 fully saturated rings. The van der Waals surface area contributed by atoms with E-state index < -0.39 is 18.0 Å². The van der Waals surface area contributed by atoms with Gasteiger partial charge in [-0.3, -0.25) is 4.79 Å². The Bertz CT molecular complexity index is 1340. The van der Waals surface area contributed by atoms with Gasteiger partial charge < -0.3 is 14.6 Å². The second kappa shape index (κ2) is 9.11. The van der Waals surface area contributed by atoms with E-state index in [1.54, 1.807) is 36.5 Å². The maximum Gasteiger partial charge on any atom is 0.339 e. The van der Waals surface area contributed by atoms with Crippen LogP contribution in [0.15, 0.2) is 40.9 Å². The lowest BCUT2D eigenvalue weighted by atomic mass is 10.1. The third kappa shape index (κ3) is 4.78. The molecular weight excluding hydrogens is 445 g/mol. The van der Waals surface area contributed by atoms with Crippen molar-refractivity contribution in [1.29, 1.82) is 0 Å². The fraction of sp³-hybridized carbons (Fsp3) is 0.250. The van der Waals surface area contributed by atoms with E-state index >= 15 is 0 Å². The van der Waals surface area contributed by atoms with Crippen molar-refractivity contribution in [2.24, 2.45) is 0 Å². The summed E-state index contributed by atoms with van der Waals surface area (Å²) in [4.78, 5) is 32.2. The summed E-state index contributed by atoms with van der Waals surface area (Å²) >= 11 is 1.63. The maximum absolute atomic E-state index is 13.1. The van der Waals surface area contributed by atoms with E-state index in [1.165, 1.54) is 19.1 Å². The number of ether oxygens (including phenoxy) is 1. The molecule has 0 saturated carbocycles. The minimum atomic E-state index is -1.05. The van der Waals surface area contributed by atoms with Gasteiger partial charge in [-0.1, -0.05) is 17.3 Å². The molecule has 0 radical (unpaired) electrons. The molecule has 1 atom stereocenters. The summed E-state index contributed by atoms with van der Waals surface area (Å²) < 4.78 is 23.8. The van der Waals surface area contributed by atoms with Crippen LogP contribution in [-0.4, -0.2) is 28.1 Å². The molecule has 170 valence electrons. The van der Waals surface area contributed by atoms with Crippen LogP contribution in [0.1, 0.15) is 38.3 Å². The van der Waals surface area contributed by atoms with Gasteiger partial charge in [0.1, 0.15) is 5.82 Å². The molecule has 0 aliphatic rings. The van der Waals surface area contributed by atoms with Crippen LogP contribution in [-0.2, 0) is 16.1 Å². The first kappa shape index (κ1) is 22.6. The number of benzene rings is 1. The zero-order valence-corrected chi connectivity index (χ0v) is 19.4. The van der Waals surface area contributed by atoms with Gasteiger partial charge in [-0.15, -0.1) is 11.3 Å². The molecule has 0 spiro atoms. The van der Waals surface area contributed by atoms with E-state index in [0.29, 0.717) is 16.8 Å². The molecule has 1 amide bonds. The number of fused-ring (bicyclic) bond motifs is 1. The monoisotopic (exact) mass is 467 g/mol. The summed E-state index contributed by atoms with van der Waals surface area (Å²) in [5.41, 5.74) is 3.16. The smallest absolute Gasteiger partial charge is 0.339 e. The SMILES string of the molecule is Cc1cc(-c2cc(C(=O)OC(C)C(=O)NCc3ccc(F)cc3)c3c(C)noc3n2)c(C)s1. The predicted octanol–water partition coefficient (Wildman–Crippen LogP) is 4.88. The third-order valence-corrected chi connectivity index (χ3v) is 6.15. The van der Waals surface area contributed by atoms with E-state index in [0.717, 1.165) is 20.9 Å². The Morgan fingerprint density at radius 1 is 1.18 bits per heavy atom. The fourth-order valence-electron chi connectivity index (χ4n) is 3.49. The second-order valence-electron chi connectivity index (χ2n) is 7.72. The molecule has 1 N–H and O–H groups in total. The Hall–Kier alpha value is -3.59. The second-order valence-corrected chi connectivity index (χ2v) is 9.18. The molecule has 0 saturated heterocycles. The summed E-state index contributed by atoms with van der Waals surface area (Å²) in [7, 11) is 0. The van der Waals surface area contributed by atoms with Gasteiger partial charge in [-0.25, -0.2) is 14.2 Å². The number of rotatable bonds is 6. The standard InChI is InChI=1S/C24H22FN3O4S/c1-12-9-18(15(4)33-12)20-10-19(21-13(2)28-32-23(21)27-20)24(30)31-14(3)22(29)26-11-16-5-7-17(25)8-6-16/h5-10,14H,11H2,1-4H3,(H,26,29). The van der Waals surface area contributed by atoms with E-state index in [-0.39, 0.29) is 23.6 Å². The Balaban J connectivity index is 1.55. The van der Waals surface area contributed by atoms with Gasteiger partial charge in [0, 0.05) is 21.9 Å². The number of thiophene rings is 1. The van der Waals surface area contributed by atoms with Gasteiger partial charge in [0.15, 0.2) is 6.10 Å². The van der Waals surface area contributed by atoms with Crippen molar-refractivity contribution < 1.29 is 23.2 Å². The minimum Gasteiger partial charge on any atom is -0.449 e. The van der Waals surface area contributed by atoms with Crippen molar-refractivity contribution in [1.82, 2.24) is 15.5 Å². The van der Waals surface area contributed by atoms with Crippen LogP contribution in [0.2, 0.25) is 0 Å². The number of hydrogen-bond acceptors (Lipinski definition) is 7. The van der Waals surface area contributed by atoms with Crippen LogP contribution < -0.4 is 5.32 Å². The summed E-state index contributed by atoms with van der Waals surface area (Å²) in [5.74, 6) is -1.50. The number of nitrogens with one attached hydrogen (secondary N) is 1. The van der Waals surface area contributed by atoms with E-state index in [9.17, 15) is 14.0 Å². The molecule has 7 nitrogen and oxygen atoms in total. The van der Waals surface area contributed by atoms with Crippen molar-refractivity contribution in [3.05, 3.63) is 68.8 Å². The molecule has 9 heteroatoms. The molecular formula is C24H22FN3O4S. The number of pyridine rings is 1. The molecule has 1 aromatic carbocycles. The number of carbonyl (C=O) groups is 2. The summed E-state index contributed by atoms with van der Waals surface area (Å²) in [6.45, 7) is 7.37. The fourth-order valence-corrected chi connectivity index (χ4v) is 4.42. The van der Waals surface area contributed by atoms with Crippen molar-refractivity contribution >= 4 is 34.3 Å². The number of halogens is 1. The predicted molar refractivity (Wildman–Crippen MR) is 122 cm³/mol. The van der Waals surface area contributed by atoms with Crippen molar-refractivity contribution in [2.45, 2.75) is 40.3 Å². The lowest BCUT2D eigenvalue weighted by Crippen LogP contribution is -2.35. The number of nitrogens with zero attached hydrogens (tertiary/aromatic N) is 2. The number of amides is 1. The molecule has 4 rings (SSSR count). The van der Waals surface area contributed by atoms with Gasteiger partial charge >= 0.3 is 5.97 Å². The maximum atomic E-state index is 13.1. The quantitative estimate of drug-likeness (QED) is 0.406. The zero-order chi connectivity index (χ0) is 23.7. The van der Waals surface area contributed by atoms with E-state index in [1.807, 2.05) is 19.9 Å². The molecule has 0 bridgehead atoms. The topological polar surface area (TPSA) is 94.3 Å². The van der Waals surface area contributed by atoms with Gasteiger partial charge in [0.25, 0.3) is 11.6 Å². The highest BCUT2D eigenvalue weighted by atomic mass is 32.1. The number of carbonyl (C=O) groups excluding carboxylic acids is 2. The van der Waals surface area contributed by atoms with Crippen LogP contribution in [0.4, 0.5) is 4.39 Å². The van der Waals surface area contributed by atoms with Crippen molar-refractivity contribution in [2.75, 3.05) is 0 Å². The number of hydrogen-bond donors (Lipinski definition) is 1. The molecule has 3 heterocycles. The Morgan fingerprint density at radius 3 is 2.58 bits per heavy atom. The molecule has 33 heavy (non-hydrogen) atoms. The van der Waals surface area contributed by atoms with Crippen LogP contribution >= 0.6 is 11.3 Å². The largest absolute Gasteiger partial charge is 0.449 e. The lowest BCUT2D eigenvalue weighted by Gasteiger charge is -2.14. The third-order valence-electron chi connectivity index (χ3n) is 5.19. The minimum absolute atomic E-state index is 0.187.